The topological polar surface area (TPSA) is 43.4 Å². The maximum Gasteiger partial charge on any atom is 0.195 e. The molecule has 1 aromatic carbocycles. The Hall–Kier alpha value is -2.03. The molecule has 2 heterocycles. The van der Waals surface area contributed by atoms with E-state index in [2.05, 4.69) is 0 Å². The first-order valence-corrected chi connectivity index (χ1v) is 5.93. The molecule has 0 aliphatic rings. The van der Waals surface area contributed by atoms with E-state index in [4.69, 9.17) is 8.83 Å². The minimum atomic E-state index is 0.0394. The maximum atomic E-state index is 12.3. The molecule has 18 heavy (non-hydrogen) atoms. The van der Waals surface area contributed by atoms with Crippen molar-refractivity contribution in [2.45, 2.75) is 27.7 Å². The first kappa shape index (κ1) is 11.1. The predicted octanol–water partition coefficient (Wildman–Crippen LogP) is 3.77. The van der Waals surface area contributed by atoms with E-state index in [1.165, 1.54) is 0 Å². The van der Waals surface area contributed by atoms with E-state index < -0.39 is 0 Å². The van der Waals surface area contributed by atoms with Crippen LogP contribution in [0.15, 0.2) is 25.8 Å². The fourth-order valence-corrected chi connectivity index (χ4v) is 2.35. The first-order valence-electron chi connectivity index (χ1n) is 5.93. The van der Waals surface area contributed by atoms with Gasteiger partial charge in [-0.25, -0.2) is 0 Å². The van der Waals surface area contributed by atoms with Gasteiger partial charge >= 0.3 is 0 Å². The molecule has 3 rings (SSSR count). The third-order valence-corrected chi connectivity index (χ3v) is 3.48. The van der Waals surface area contributed by atoms with Gasteiger partial charge in [-0.1, -0.05) is 0 Å². The molecular formula is C15H14O3. The molecule has 0 spiro atoms. The van der Waals surface area contributed by atoms with E-state index in [0.29, 0.717) is 22.3 Å². The van der Waals surface area contributed by atoms with Crippen LogP contribution in [0.2, 0.25) is 0 Å². The molecule has 0 aliphatic heterocycles. The van der Waals surface area contributed by atoms with Gasteiger partial charge in [0.15, 0.2) is 5.43 Å². The number of fused-ring (bicyclic) bond motifs is 2. The highest BCUT2D eigenvalue weighted by atomic mass is 16.3. The Labute approximate surface area is 104 Å². The van der Waals surface area contributed by atoms with Gasteiger partial charge in [-0.3, -0.25) is 4.79 Å². The van der Waals surface area contributed by atoms with Crippen molar-refractivity contribution in [3.8, 4) is 0 Å². The summed E-state index contributed by atoms with van der Waals surface area (Å²) in [6.07, 6.45) is 0. The van der Waals surface area contributed by atoms with Crippen LogP contribution in [-0.2, 0) is 0 Å². The second-order valence-corrected chi connectivity index (χ2v) is 4.77. The molecule has 0 saturated carbocycles. The largest absolute Gasteiger partial charge is 0.461 e. The van der Waals surface area contributed by atoms with Gasteiger partial charge in [0.25, 0.3) is 0 Å². The summed E-state index contributed by atoms with van der Waals surface area (Å²) in [5.41, 5.74) is 3.02. The van der Waals surface area contributed by atoms with E-state index >= 15 is 0 Å². The van der Waals surface area contributed by atoms with Gasteiger partial charge in [0, 0.05) is 16.5 Å². The highest BCUT2D eigenvalue weighted by molar-refractivity contribution is 5.97. The first-order chi connectivity index (χ1) is 8.49. The summed E-state index contributed by atoms with van der Waals surface area (Å²) in [4.78, 5) is 12.3. The van der Waals surface area contributed by atoms with Gasteiger partial charge in [-0.05, 0) is 39.8 Å². The zero-order valence-corrected chi connectivity index (χ0v) is 10.9. The molecule has 0 aliphatic carbocycles. The fourth-order valence-electron chi connectivity index (χ4n) is 2.35. The quantitative estimate of drug-likeness (QED) is 0.602. The fraction of sp³-hybridized carbons (Fsp3) is 0.267. The smallest absolute Gasteiger partial charge is 0.195 e. The lowest BCUT2D eigenvalue weighted by atomic mass is 10.1. The van der Waals surface area contributed by atoms with Crippen molar-refractivity contribution in [1.82, 2.24) is 0 Å². The number of furan rings is 1. The van der Waals surface area contributed by atoms with Crippen LogP contribution in [0.3, 0.4) is 0 Å². The van der Waals surface area contributed by atoms with Gasteiger partial charge < -0.3 is 8.83 Å². The van der Waals surface area contributed by atoms with Crippen molar-refractivity contribution in [3.63, 3.8) is 0 Å². The Kier molecular flexibility index (Phi) is 2.14. The standard InChI is InChI=1S/C15H14O3/c1-7-5-11-6-12-13(16)8(2)10(4)18-15(12)9(3)14(11)17-7/h5-6H,1-4H3. The highest BCUT2D eigenvalue weighted by Gasteiger charge is 2.14. The molecule has 2 aromatic heterocycles. The molecule has 0 saturated heterocycles. The normalized spacial score (nSPS) is 11.6. The van der Waals surface area contributed by atoms with E-state index in [1.807, 2.05) is 32.9 Å². The van der Waals surface area contributed by atoms with Crippen molar-refractivity contribution in [3.05, 3.63) is 45.0 Å². The van der Waals surface area contributed by atoms with Crippen LogP contribution in [0.1, 0.15) is 22.6 Å². The average Bonchev–Trinajstić information content (AvgIpc) is 2.70. The third kappa shape index (κ3) is 1.33. The average molecular weight is 242 g/mol. The molecule has 0 radical (unpaired) electrons. The molecular weight excluding hydrogens is 228 g/mol. The summed E-state index contributed by atoms with van der Waals surface area (Å²) in [5, 5.41) is 1.58. The summed E-state index contributed by atoms with van der Waals surface area (Å²) in [5.74, 6) is 1.50. The Morgan fingerprint density at radius 3 is 2.33 bits per heavy atom. The highest BCUT2D eigenvalue weighted by Crippen LogP contribution is 2.29. The van der Waals surface area contributed by atoms with E-state index in [-0.39, 0.29) is 5.43 Å². The molecule has 92 valence electrons. The summed E-state index contributed by atoms with van der Waals surface area (Å²) >= 11 is 0. The predicted molar refractivity (Wildman–Crippen MR) is 71.2 cm³/mol. The molecule has 3 heteroatoms. The minimum absolute atomic E-state index is 0.0394. The maximum absolute atomic E-state index is 12.3. The summed E-state index contributed by atoms with van der Waals surface area (Å²) < 4.78 is 11.4. The molecule has 0 atom stereocenters. The lowest BCUT2D eigenvalue weighted by Gasteiger charge is -2.05. The summed E-state index contributed by atoms with van der Waals surface area (Å²) in [6, 6.07) is 3.79. The van der Waals surface area contributed by atoms with Crippen LogP contribution in [0.25, 0.3) is 21.9 Å². The van der Waals surface area contributed by atoms with E-state index in [0.717, 1.165) is 22.3 Å². The van der Waals surface area contributed by atoms with Crippen LogP contribution < -0.4 is 5.43 Å². The number of benzene rings is 1. The molecule has 3 nitrogen and oxygen atoms in total. The zero-order valence-electron chi connectivity index (χ0n) is 10.9. The van der Waals surface area contributed by atoms with Crippen molar-refractivity contribution in [2.75, 3.05) is 0 Å². The SMILES string of the molecule is Cc1cc2cc3c(=O)c(C)c(C)oc3c(C)c2o1. The monoisotopic (exact) mass is 242 g/mol. The molecule has 0 unspecified atom stereocenters. The Balaban J connectivity index is 2.63. The van der Waals surface area contributed by atoms with Crippen molar-refractivity contribution < 1.29 is 8.83 Å². The lowest BCUT2D eigenvalue weighted by molar-refractivity contribution is 0.551. The zero-order chi connectivity index (χ0) is 13.0. The van der Waals surface area contributed by atoms with E-state index in [9.17, 15) is 4.79 Å². The molecule has 0 amide bonds. The Morgan fingerprint density at radius 2 is 1.61 bits per heavy atom. The minimum Gasteiger partial charge on any atom is -0.461 e. The van der Waals surface area contributed by atoms with Gasteiger partial charge in [0.05, 0.1) is 5.39 Å². The third-order valence-electron chi connectivity index (χ3n) is 3.48. The summed E-state index contributed by atoms with van der Waals surface area (Å²) in [6.45, 7) is 7.43. The Bertz CT molecular complexity index is 834. The van der Waals surface area contributed by atoms with E-state index in [1.54, 1.807) is 6.92 Å². The van der Waals surface area contributed by atoms with Crippen molar-refractivity contribution in [2.24, 2.45) is 0 Å². The van der Waals surface area contributed by atoms with Crippen LogP contribution in [0.5, 0.6) is 0 Å². The van der Waals surface area contributed by atoms with Gasteiger partial charge in [0.2, 0.25) is 0 Å². The van der Waals surface area contributed by atoms with Crippen LogP contribution in [0.4, 0.5) is 0 Å². The molecule has 0 fully saturated rings. The van der Waals surface area contributed by atoms with Gasteiger partial charge in [-0.2, -0.15) is 0 Å². The number of rotatable bonds is 0. The van der Waals surface area contributed by atoms with Gasteiger partial charge in [0.1, 0.15) is 22.7 Å². The number of hydrogen-bond donors (Lipinski definition) is 0. The lowest BCUT2D eigenvalue weighted by Crippen LogP contribution is -2.07. The number of aryl methyl sites for hydroxylation is 3. The van der Waals surface area contributed by atoms with Crippen LogP contribution in [0, 0.1) is 27.7 Å². The van der Waals surface area contributed by atoms with Crippen molar-refractivity contribution >= 4 is 21.9 Å². The molecule has 0 bridgehead atoms. The van der Waals surface area contributed by atoms with Crippen LogP contribution >= 0.6 is 0 Å². The van der Waals surface area contributed by atoms with Gasteiger partial charge in [-0.15, -0.1) is 0 Å². The molecule has 0 N–H and O–H groups in total. The second kappa shape index (κ2) is 3.48. The van der Waals surface area contributed by atoms with Crippen LogP contribution in [-0.4, -0.2) is 0 Å². The van der Waals surface area contributed by atoms with Crippen molar-refractivity contribution in [1.29, 1.82) is 0 Å². The second-order valence-electron chi connectivity index (χ2n) is 4.77. The summed E-state index contributed by atoms with van der Waals surface area (Å²) in [7, 11) is 0. The number of hydrogen-bond acceptors (Lipinski definition) is 3. The molecule has 3 aromatic rings. The Morgan fingerprint density at radius 1 is 0.889 bits per heavy atom.